The number of carbonyl (C=O) groups is 5. The normalized spacial score (nSPS) is 17.2. The maximum atomic E-state index is 12.2. The highest BCUT2D eigenvalue weighted by Crippen LogP contribution is 2.22. The Bertz CT molecular complexity index is 770. The summed E-state index contributed by atoms with van der Waals surface area (Å²) < 4.78 is 5.02. The van der Waals surface area contributed by atoms with Crippen molar-refractivity contribution in [2.45, 2.75) is 19.4 Å². The van der Waals surface area contributed by atoms with E-state index in [-0.39, 0.29) is 19.5 Å². The van der Waals surface area contributed by atoms with Crippen LogP contribution in [0, 0.1) is 0 Å². The van der Waals surface area contributed by atoms with Crippen molar-refractivity contribution in [2.75, 3.05) is 19.6 Å². The molecular weight excluding hydrogens is 342 g/mol. The van der Waals surface area contributed by atoms with Crippen LogP contribution in [0.2, 0.25) is 0 Å². The van der Waals surface area contributed by atoms with E-state index in [0.29, 0.717) is 17.7 Å². The van der Waals surface area contributed by atoms with Crippen molar-refractivity contribution in [2.24, 2.45) is 0 Å². The molecule has 9 heteroatoms. The van der Waals surface area contributed by atoms with Crippen molar-refractivity contribution in [3.8, 4) is 0 Å². The summed E-state index contributed by atoms with van der Waals surface area (Å²) in [7, 11) is 0. The van der Waals surface area contributed by atoms with Gasteiger partial charge in [0.2, 0.25) is 0 Å². The summed E-state index contributed by atoms with van der Waals surface area (Å²) in [5.74, 6) is -2.27. The minimum atomic E-state index is -1.13. The van der Waals surface area contributed by atoms with Gasteiger partial charge in [-0.05, 0) is 19.1 Å². The van der Waals surface area contributed by atoms with Crippen molar-refractivity contribution < 1.29 is 28.7 Å². The number of rotatable bonds is 5. The molecule has 1 aromatic rings. The fourth-order valence-electron chi connectivity index (χ4n) is 2.85. The molecule has 5 amide bonds. The third-order valence-corrected chi connectivity index (χ3v) is 4.20. The van der Waals surface area contributed by atoms with E-state index in [0.717, 1.165) is 9.80 Å². The zero-order valence-electron chi connectivity index (χ0n) is 14.1. The minimum Gasteiger partial charge on any atom is -0.452 e. The van der Waals surface area contributed by atoms with Crippen LogP contribution < -0.4 is 5.32 Å². The lowest BCUT2D eigenvalue weighted by Gasteiger charge is -2.19. The molecule has 26 heavy (non-hydrogen) atoms. The summed E-state index contributed by atoms with van der Waals surface area (Å²) in [6, 6.07) is 5.89. The Morgan fingerprint density at radius 2 is 1.77 bits per heavy atom. The third kappa shape index (κ3) is 3.15. The fourth-order valence-corrected chi connectivity index (χ4v) is 2.85. The fraction of sp³-hybridized carbons (Fsp3) is 0.353. The van der Waals surface area contributed by atoms with Crippen LogP contribution in [0.5, 0.6) is 0 Å². The molecular formula is C17H17N3O6. The average molecular weight is 359 g/mol. The summed E-state index contributed by atoms with van der Waals surface area (Å²) in [5, 5.41) is 2.48. The molecule has 0 radical (unpaired) electrons. The lowest BCUT2D eigenvalue weighted by molar-refractivity contribution is -0.157. The van der Waals surface area contributed by atoms with Gasteiger partial charge in [0.25, 0.3) is 17.7 Å². The number of hydrogen-bond acceptors (Lipinski definition) is 6. The molecule has 2 aliphatic rings. The van der Waals surface area contributed by atoms with Crippen molar-refractivity contribution in [3.05, 3.63) is 35.4 Å². The molecule has 1 atom stereocenters. The Balaban J connectivity index is 1.53. The molecule has 3 rings (SSSR count). The van der Waals surface area contributed by atoms with E-state index < -0.39 is 35.8 Å². The number of imide groups is 2. The second-order valence-electron chi connectivity index (χ2n) is 5.91. The number of benzene rings is 1. The number of ether oxygens (including phenoxy) is 1. The van der Waals surface area contributed by atoms with Crippen molar-refractivity contribution in [1.82, 2.24) is 15.1 Å². The maximum Gasteiger partial charge on any atom is 0.324 e. The van der Waals surface area contributed by atoms with E-state index in [4.69, 9.17) is 4.74 Å². The van der Waals surface area contributed by atoms with Crippen molar-refractivity contribution in [1.29, 1.82) is 0 Å². The SMILES string of the molecule is C[C@H](OC(=O)CCN1C(=O)c2ccccc2C1=O)C(=O)N1CCNC1=O. The first kappa shape index (κ1) is 17.6. The van der Waals surface area contributed by atoms with Crippen LogP contribution in [0.25, 0.3) is 0 Å². The topological polar surface area (TPSA) is 113 Å². The molecule has 0 aliphatic carbocycles. The summed E-state index contributed by atoms with van der Waals surface area (Å²) in [6.07, 6.45) is -1.37. The van der Waals surface area contributed by atoms with Gasteiger partial charge in [0.1, 0.15) is 0 Å². The number of nitrogens with one attached hydrogen (secondary N) is 1. The van der Waals surface area contributed by atoms with E-state index >= 15 is 0 Å². The van der Waals surface area contributed by atoms with E-state index in [1.54, 1.807) is 24.3 Å². The van der Waals surface area contributed by atoms with Gasteiger partial charge in [-0.3, -0.25) is 29.0 Å². The number of carbonyl (C=O) groups excluding carboxylic acids is 5. The molecule has 0 aromatic heterocycles. The van der Waals surface area contributed by atoms with Gasteiger partial charge < -0.3 is 10.1 Å². The monoisotopic (exact) mass is 359 g/mol. The van der Waals surface area contributed by atoms with Crippen LogP contribution in [0.1, 0.15) is 34.1 Å². The first-order chi connectivity index (χ1) is 12.4. The van der Waals surface area contributed by atoms with E-state index in [1.165, 1.54) is 6.92 Å². The Morgan fingerprint density at radius 1 is 1.15 bits per heavy atom. The van der Waals surface area contributed by atoms with Gasteiger partial charge >= 0.3 is 12.0 Å². The van der Waals surface area contributed by atoms with Crippen LogP contribution in [0.4, 0.5) is 4.79 Å². The zero-order chi connectivity index (χ0) is 18.8. The Kier molecular flexibility index (Phi) is 4.70. The average Bonchev–Trinajstić information content (AvgIpc) is 3.15. The summed E-state index contributed by atoms with van der Waals surface area (Å²) >= 11 is 0. The summed E-state index contributed by atoms with van der Waals surface area (Å²) in [6.45, 7) is 1.80. The Morgan fingerprint density at radius 3 is 2.31 bits per heavy atom. The van der Waals surface area contributed by atoms with Crippen molar-refractivity contribution >= 4 is 29.7 Å². The van der Waals surface area contributed by atoms with E-state index in [2.05, 4.69) is 5.32 Å². The molecule has 2 aliphatic heterocycles. The molecule has 1 fully saturated rings. The molecule has 1 saturated heterocycles. The molecule has 2 heterocycles. The van der Waals surface area contributed by atoms with E-state index in [9.17, 15) is 24.0 Å². The Labute approximate surface area is 148 Å². The van der Waals surface area contributed by atoms with Crippen LogP contribution in [0.15, 0.2) is 24.3 Å². The lowest BCUT2D eigenvalue weighted by atomic mass is 10.1. The number of hydrogen-bond donors (Lipinski definition) is 1. The minimum absolute atomic E-state index is 0.143. The largest absolute Gasteiger partial charge is 0.452 e. The predicted molar refractivity (Wildman–Crippen MR) is 87.1 cm³/mol. The summed E-state index contributed by atoms with van der Waals surface area (Å²) in [4.78, 5) is 61.9. The highest BCUT2D eigenvalue weighted by Gasteiger charge is 2.36. The van der Waals surface area contributed by atoms with Gasteiger partial charge in [-0.2, -0.15) is 0 Å². The highest BCUT2D eigenvalue weighted by molar-refractivity contribution is 6.21. The third-order valence-electron chi connectivity index (χ3n) is 4.20. The molecule has 136 valence electrons. The van der Waals surface area contributed by atoms with Gasteiger partial charge in [-0.15, -0.1) is 0 Å². The second kappa shape index (κ2) is 6.95. The van der Waals surface area contributed by atoms with Crippen LogP contribution in [-0.2, 0) is 14.3 Å². The molecule has 0 unspecified atom stereocenters. The zero-order valence-corrected chi connectivity index (χ0v) is 14.1. The number of esters is 1. The number of nitrogens with zero attached hydrogens (tertiary/aromatic N) is 2. The Hall–Kier alpha value is -3.23. The molecule has 0 saturated carbocycles. The maximum absolute atomic E-state index is 12.2. The number of fused-ring (bicyclic) bond motifs is 1. The predicted octanol–water partition coefficient (Wildman–Crippen LogP) is 0.156. The quantitative estimate of drug-likeness (QED) is 0.592. The lowest BCUT2D eigenvalue weighted by Crippen LogP contribution is -2.42. The van der Waals surface area contributed by atoms with E-state index in [1.807, 2.05) is 0 Å². The van der Waals surface area contributed by atoms with Gasteiger partial charge in [0.05, 0.1) is 17.5 Å². The second-order valence-corrected chi connectivity index (χ2v) is 5.91. The van der Waals surface area contributed by atoms with Gasteiger partial charge in [-0.25, -0.2) is 4.79 Å². The highest BCUT2D eigenvalue weighted by atomic mass is 16.5. The first-order valence-corrected chi connectivity index (χ1v) is 8.14. The summed E-state index contributed by atoms with van der Waals surface area (Å²) in [5.41, 5.74) is 0.601. The van der Waals surface area contributed by atoms with Gasteiger partial charge in [0.15, 0.2) is 6.10 Å². The standard InChI is InChI=1S/C17H17N3O6/c1-10(14(22)20-9-7-18-17(20)25)26-13(21)6-8-19-15(23)11-4-2-3-5-12(11)16(19)24/h2-5,10H,6-9H2,1H3,(H,18,25)/t10-/m0/s1. The van der Waals surface area contributed by atoms with Crippen LogP contribution in [-0.4, -0.2) is 65.3 Å². The number of urea groups is 1. The van der Waals surface area contributed by atoms with Gasteiger partial charge in [-0.1, -0.05) is 12.1 Å². The molecule has 0 bridgehead atoms. The van der Waals surface area contributed by atoms with Crippen molar-refractivity contribution in [3.63, 3.8) is 0 Å². The smallest absolute Gasteiger partial charge is 0.324 e. The first-order valence-electron chi connectivity index (χ1n) is 8.14. The van der Waals surface area contributed by atoms with Crippen LogP contribution >= 0.6 is 0 Å². The molecule has 1 N–H and O–H groups in total. The molecule has 1 aromatic carbocycles. The van der Waals surface area contributed by atoms with Gasteiger partial charge in [0, 0.05) is 19.6 Å². The molecule has 9 nitrogen and oxygen atoms in total. The number of amides is 5. The molecule has 0 spiro atoms. The van der Waals surface area contributed by atoms with Crippen LogP contribution in [0.3, 0.4) is 0 Å².